The molecular weight excluding hydrogens is 385 g/mol. The summed E-state index contributed by atoms with van der Waals surface area (Å²) in [6, 6.07) is 13.1. The number of aromatic nitrogens is 1. The molecule has 0 bridgehead atoms. The van der Waals surface area contributed by atoms with Gasteiger partial charge in [0.2, 0.25) is 0 Å². The second-order valence-electron chi connectivity index (χ2n) is 6.70. The Morgan fingerprint density at radius 1 is 1.17 bits per heavy atom. The van der Waals surface area contributed by atoms with E-state index in [0.29, 0.717) is 16.7 Å². The van der Waals surface area contributed by atoms with Crippen molar-refractivity contribution in [2.24, 2.45) is 5.73 Å². The van der Waals surface area contributed by atoms with Crippen LogP contribution in [0.4, 0.5) is 10.1 Å². The molecule has 1 heterocycles. The summed E-state index contributed by atoms with van der Waals surface area (Å²) in [7, 11) is 0. The molecule has 154 valence electrons. The molecule has 0 fully saturated rings. The number of pyridine rings is 1. The van der Waals surface area contributed by atoms with E-state index in [1.807, 2.05) is 13.0 Å². The van der Waals surface area contributed by atoms with Gasteiger partial charge in [0.25, 0.3) is 5.91 Å². The maximum Gasteiger partial charge on any atom is 0.338 e. The highest BCUT2D eigenvalue weighted by Gasteiger charge is 2.16. The summed E-state index contributed by atoms with van der Waals surface area (Å²) in [6.07, 6.45) is 2.42. The summed E-state index contributed by atoms with van der Waals surface area (Å²) in [4.78, 5) is 28.5. The monoisotopic (exact) mass is 407 g/mol. The topological polar surface area (TPSA) is 94.3 Å². The number of nitrogens with one attached hydrogen (secondary N) is 1. The zero-order valence-corrected chi connectivity index (χ0v) is 16.7. The zero-order valence-electron chi connectivity index (χ0n) is 16.7. The molecule has 3 rings (SSSR count). The fourth-order valence-electron chi connectivity index (χ4n) is 3.04. The molecule has 2 aromatic carbocycles. The molecule has 7 heteroatoms. The number of rotatable bonds is 6. The molecule has 30 heavy (non-hydrogen) atoms. The molecule has 0 saturated heterocycles. The Kier molecular flexibility index (Phi) is 6.54. The van der Waals surface area contributed by atoms with Gasteiger partial charge in [0.05, 0.1) is 24.1 Å². The molecule has 1 unspecified atom stereocenters. The van der Waals surface area contributed by atoms with Crippen LogP contribution in [0.5, 0.6) is 0 Å². The Labute approximate surface area is 173 Å². The van der Waals surface area contributed by atoms with E-state index in [2.05, 4.69) is 10.3 Å². The van der Waals surface area contributed by atoms with Gasteiger partial charge in [-0.1, -0.05) is 18.2 Å². The number of hydrogen-bond acceptors (Lipinski definition) is 5. The van der Waals surface area contributed by atoms with Crippen molar-refractivity contribution in [1.29, 1.82) is 0 Å². The van der Waals surface area contributed by atoms with Crippen LogP contribution in [0.15, 0.2) is 60.9 Å². The van der Waals surface area contributed by atoms with E-state index in [1.165, 1.54) is 12.3 Å². The normalized spacial score (nSPS) is 11.6. The molecule has 1 aromatic heterocycles. The minimum atomic E-state index is -0.625. The van der Waals surface area contributed by atoms with Crippen molar-refractivity contribution in [2.75, 3.05) is 11.9 Å². The van der Waals surface area contributed by atoms with Gasteiger partial charge < -0.3 is 15.8 Å². The Morgan fingerprint density at radius 2 is 1.97 bits per heavy atom. The third-order valence-electron chi connectivity index (χ3n) is 4.51. The first-order valence-electron chi connectivity index (χ1n) is 9.48. The predicted octanol–water partition coefficient (Wildman–Crippen LogP) is 4.34. The molecule has 1 atom stereocenters. The van der Waals surface area contributed by atoms with E-state index in [0.717, 1.165) is 17.3 Å². The van der Waals surface area contributed by atoms with Crippen molar-refractivity contribution < 1.29 is 18.7 Å². The van der Waals surface area contributed by atoms with Crippen LogP contribution in [-0.4, -0.2) is 23.5 Å². The number of esters is 1. The average molecular weight is 407 g/mol. The van der Waals surface area contributed by atoms with Gasteiger partial charge in [-0.2, -0.15) is 0 Å². The third-order valence-corrected chi connectivity index (χ3v) is 4.51. The van der Waals surface area contributed by atoms with Crippen molar-refractivity contribution in [3.63, 3.8) is 0 Å². The lowest BCUT2D eigenvalue weighted by Crippen LogP contribution is -2.14. The van der Waals surface area contributed by atoms with Gasteiger partial charge >= 0.3 is 5.97 Å². The molecule has 1 amide bonds. The fraction of sp³-hybridized carbons (Fsp3) is 0.174. The van der Waals surface area contributed by atoms with E-state index in [9.17, 15) is 14.0 Å². The van der Waals surface area contributed by atoms with E-state index < -0.39 is 17.7 Å². The molecule has 0 aliphatic rings. The fourth-order valence-corrected chi connectivity index (χ4v) is 3.04. The lowest BCUT2D eigenvalue weighted by Gasteiger charge is -2.16. The van der Waals surface area contributed by atoms with Crippen molar-refractivity contribution >= 4 is 17.6 Å². The standard InChI is InChI=1S/C23H22FN3O3/c1-3-30-23(29)17-6-4-5-15(11-17)19-12-16(7-8-18(19)14(2)25)22(28)27-21-9-10-26-13-20(21)24/h4-14H,3,25H2,1-2H3,(H,26,27,28). The SMILES string of the molecule is CCOC(=O)c1cccc(-c2cc(C(=O)Nc3ccncc3F)ccc2C(C)N)c1. The smallest absolute Gasteiger partial charge is 0.338 e. The molecule has 0 saturated carbocycles. The molecule has 0 spiro atoms. The number of ether oxygens (including phenoxy) is 1. The highest BCUT2D eigenvalue weighted by Crippen LogP contribution is 2.30. The molecule has 0 aliphatic carbocycles. The summed E-state index contributed by atoms with van der Waals surface area (Å²) in [5.74, 6) is -1.52. The van der Waals surface area contributed by atoms with Crippen LogP contribution < -0.4 is 11.1 Å². The van der Waals surface area contributed by atoms with Gasteiger partial charge in [-0.3, -0.25) is 9.78 Å². The number of anilines is 1. The lowest BCUT2D eigenvalue weighted by atomic mass is 9.92. The maximum atomic E-state index is 13.8. The molecule has 0 radical (unpaired) electrons. The average Bonchev–Trinajstić information content (AvgIpc) is 2.75. The van der Waals surface area contributed by atoms with E-state index in [-0.39, 0.29) is 18.3 Å². The summed E-state index contributed by atoms with van der Waals surface area (Å²) < 4.78 is 18.9. The summed E-state index contributed by atoms with van der Waals surface area (Å²) in [5, 5.41) is 2.54. The number of amides is 1. The molecule has 0 aliphatic heterocycles. The molecule has 3 N–H and O–H groups in total. The van der Waals surface area contributed by atoms with Crippen molar-refractivity contribution in [2.45, 2.75) is 19.9 Å². The van der Waals surface area contributed by atoms with Crippen molar-refractivity contribution in [1.82, 2.24) is 4.98 Å². The highest BCUT2D eigenvalue weighted by molar-refractivity contribution is 6.05. The summed E-state index contributed by atoms with van der Waals surface area (Å²) in [6.45, 7) is 3.85. The Hall–Kier alpha value is -3.58. The Bertz CT molecular complexity index is 1080. The van der Waals surface area contributed by atoms with Gasteiger partial charge in [-0.05, 0) is 60.9 Å². The van der Waals surface area contributed by atoms with Crippen LogP contribution in [0.25, 0.3) is 11.1 Å². The van der Waals surface area contributed by atoms with Gasteiger partial charge in [0, 0.05) is 17.8 Å². The number of nitrogens with two attached hydrogens (primary N) is 1. The van der Waals surface area contributed by atoms with E-state index in [4.69, 9.17) is 10.5 Å². The zero-order chi connectivity index (χ0) is 21.7. The second kappa shape index (κ2) is 9.28. The number of nitrogens with zero attached hydrogens (tertiary/aromatic N) is 1. The van der Waals surface area contributed by atoms with Crippen LogP contribution in [-0.2, 0) is 4.74 Å². The van der Waals surface area contributed by atoms with E-state index >= 15 is 0 Å². The van der Waals surface area contributed by atoms with Gasteiger partial charge in [-0.25, -0.2) is 9.18 Å². The minimum Gasteiger partial charge on any atom is -0.462 e. The van der Waals surface area contributed by atoms with Crippen molar-refractivity contribution in [3.05, 3.63) is 83.4 Å². The van der Waals surface area contributed by atoms with Crippen molar-refractivity contribution in [3.8, 4) is 11.1 Å². The molecule has 3 aromatic rings. The molecular formula is C23H22FN3O3. The number of carbonyl (C=O) groups excluding carboxylic acids is 2. The number of hydrogen-bond donors (Lipinski definition) is 2. The first kappa shape index (κ1) is 21.1. The van der Waals surface area contributed by atoms with Crippen LogP contribution in [0, 0.1) is 5.82 Å². The Morgan fingerprint density at radius 3 is 2.67 bits per heavy atom. The second-order valence-corrected chi connectivity index (χ2v) is 6.70. The van der Waals surface area contributed by atoms with Crippen LogP contribution in [0.2, 0.25) is 0 Å². The first-order valence-corrected chi connectivity index (χ1v) is 9.48. The summed E-state index contributed by atoms with van der Waals surface area (Å²) in [5.41, 5.74) is 9.12. The van der Waals surface area contributed by atoms with Gasteiger partial charge in [0.15, 0.2) is 5.82 Å². The quantitative estimate of drug-likeness (QED) is 0.593. The Balaban J connectivity index is 2.00. The third kappa shape index (κ3) is 4.69. The van der Waals surface area contributed by atoms with Gasteiger partial charge in [0.1, 0.15) is 0 Å². The van der Waals surface area contributed by atoms with Crippen LogP contribution in [0.3, 0.4) is 0 Å². The van der Waals surface area contributed by atoms with E-state index in [1.54, 1.807) is 43.3 Å². The summed E-state index contributed by atoms with van der Waals surface area (Å²) >= 11 is 0. The molecule has 6 nitrogen and oxygen atoms in total. The number of benzene rings is 2. The minimum absolute atomic E-state index is 0.0390. The van der Waals surface area contributed by atoms with Crippen LogP contribution >= 0.6 is 0 Å². The highest BCUT2D eigenvalue weighted by atomic mass is 19.1. The lowest BCUT2D eigenvalue weighted by molar-refractivity contribution is 0.0526. The predicted molar refractivity (Wildman–Crippen MR) is 113 cm³/mol. The largest absolute Gasteiger partial charge is 0.462 e. The van der Waals surface area contributed by atoms with Crippen LogP contribution in [0.1, 0.15) is 46.2 Å². The number of carbonyl (C=O) groups is 2. The number of halogens is 1. The first-order chi connectivity index (χ1) is 14.4. The maximum absolute atomic E-state index is 13.8. The van der Waals surface area contributed by atoms with Gasteiger partial charge in [-0.15, -0.1) is 0 Å².